The zero-order valence-corrected chi connectivity index (χ0v) is 31.0. The maximum atomic E-state index is 13.6. The molecule has 266 valence electrons. The topological polar surface area (TPSA) is 61.8 Å². The lowest BCUT2D eigenvalue weighted by Crippen LogP contribution is -2.44. The van der Waals surface area contributed by atoms with Gasteiger partial charge in [0.25, 0.3) is 0 Å². The molecule has 6 fully saturated rings. The van der Waals surface area contributed by atoms with Crippen molar-refractivity contribution in [3.05, 3.63) is 0 Å². The van der Waals surface area contributed by atoms with Gasteiger partial charge in [-0.1, -0.05) is 86.5 Å². The number of esters is 2. The Kier molecular flexibility index (Phi) is 14.8. The summed E-state index contributed by atoms with van der Waals surface area (Å²) in [6.45, 7) is 14.0. The molecule has 0 spiro atoms. The standard InChI is InChI=1S/C26H42O2.C13H24O3.C2H6/c1-3-17-14-18(4-2)24-21-15-19(23(17)24)16-22(21)25(27)28-26(12-8-9-13-26)20-10-6-5-7-11-20;1-4-10-8-11(5-2)12(9-10)13(14)16-7-6-15-3;1-2/h17-24H,3-16H2,1-2H3;10-12H,4-9H2,1-3H3;1-2H3. The molecule has 10 atom stereocenters. The van der Waals surface area contributed by atoms with Gasteiger partial charge >= 0.3 is 11.9 Å². The third kappa shape index (κ3) is 8.19. The second kappa shape index (κ2) is 18.1. The summed E-state index contributed by atoms with van der Waals surface area (Å²) in [6, 6.07) is 0. The molecule has 0 saturated heterocycles. The fourth-order valence-corrected chi connectivity index (χ4v) is 11.8. The van der Waals surface area contributed by atoms with E-state index in [1.807, 2.05) is 13.8 Å². The van der Waals surface area contributed by atoms with Crippen LogP contribution >= 0.6 is 0 Å². The zero-order chi connectivity index (χ0) is 33.3. The summed E-state index contributed by atoms with van der Waals surface area (Å²) in [5.74, 6) is 7.52. The van der Waals surface area contributed by atoms with Crippen LogP contribution in [0.15, 0.2) is 0 Å². The Morgan fingerprint density at radius 1 is 0.652 bits per heavy atom. The largest absolute Gasteiger partial charge is 0.463 e. The third-order valence-corrected chi connectivity index (χ3v) is 14.0. The highest BCUT2D eigenvalue weighted by molar-refractivity contribution is 5.74. The van der Waals surface area contributed by atoms with Gasteiger partial charge in [-0.2, -0.15) is 0 Å². The van der Waals surface area contributed by atoms with E-state index >= 15 is 0 Å². The van der Waals surface area contributed by atoms with Gasteiger partial charge in [-0.15, -0.1) is 0 Å². The number of hydrogen-bond acceptors (Lipinski definition) is 5. The zero-order valence-electron chi connectivity index (χ0n) is 31.0. The number of hydrogen-bond donors (Lipinski definition) is 0. The van der Waals surface area contributed by atoms with Gasteiger partial charge in [-0.05, 0) is 124 Å². The lowest BCUT2D eigenvalue weighted by molar-refractivity contribution is -0.175. The SMILES string of the molecule is CC.CCC1CC(CC)C(C(=O)OCCOC)C1.CCC1CC(CC)C2C3CC(CC3C(=O)OC3(C4CCCCC4)CCCC3)C12. The van der Waals surface area contributed by atoms with E-state index < -0.39 is 0 Å². The van der Waals surface area contributed by atoms with Crippen LogP contribution in [0, 0.1) is 65.1 Å². The maximum Gasteiger partial charge on any atom is 0.309 e. The van der Waals surface area contributed by atoms with Crippen molar-refractivity contribution in [1.82, 2.24) is 0 Å². The smallest absolute Gasteiger partial charge is 0.309 e. The van der Waals surface area contributed by atoms with Crippen LogP contribution in [0.4, 0.5) is 0 Å². The van der Waals surface area contributed by atoms with Crippen LogP contribution in [0.25, 0.3) is 0 Å². The van der Waals surface area contributed by atoms with E-state index in [1.165, 1.54) is 83.5 Å². The van der Waals surface area contributed by atoms with Gasteiger partial charge < -0.3 is 14.2 Å². The van der Waals surface area contributed by atoms with Gasteiger partial charge in [0.05, 0.1) is 18.4 Å². The van der Waals surface area contributed by atoms with Crippen LogP contribution in [0.1, 0.15) is 157 Å². The minimum Gasteiger partial charge on any atom is -0.463 e. The molecule has 5 nitrogen and oxygen atoms in total. The van der Waals surface area contributed by atoms with Crippen molar-refractivity contribution in [2.75, 3.05) is 20.3 Å². The lowest BCUT2D eigenvalue weighted by atomic mass is 9.70. The molecule has 2 bridgehead atoms. The Morgan fingerprint density at radius 2 is 1.30 bits per heavy atom. The quantitative estimate of drug-likeness (QED) is 0.165. The second-order valence-corrected chi connectivity index (χ2v) is 15.9. The maximum absolute atomic E-state index is 13.6. The molecular formula is C41H72O5. The average molecular weight is 645 g/mol. The molecule has 0 aromatic rings. The molecule has 10 unspecified atom stereocenters. The van der Waals surface area contributed by atoms with Crippen LogP contribution < -0.4 is 0 Å². The van der Waals surface area contributed by atoms with E-state index in [4.69, 9.17) is 14.2 Å². The number of rotatable bonds is 11. The predicted octanol–water partition coefficient (Wildman–Crippen LogP) is 10.4. The molecule has 6 saturated carbocycles. The van der Waals surface area contributed by atoms with Gasteiger partial charge in [0.2, 0.25) is 0 Å². The molecular weight excluding hydrogens is 572 g/mol. The van der Waals surface area contributed by atoms with Crippen molar-refractivity contribution in [2.24, 2.45) is 65.1 Å². The summed E-state index contributed by atoms with van der Waals surface area (Å²) in [4.78, 5) is 25.4. The Bertz CT molecular complexity index is 920. The fourth-order valence-electron chi connectivity index (χ4n) is 11.8. The number of carbonyl (C=O) groups excluding carboxylic acids is 2. The first-order valence-electron chi connectivity index (χ1n) is 20.3. The van der Waals surface area contributed by atoms with Crippen molar-refractivity contribution in [3.8, 4) is 0 Å². The van der Waals surface area contributed by atoms with Crippen LogP contribution in [0.5, 0.6) is 0 Å². The molecule has 6 rings (SSSR count). The normalized spacial score (nSPS) is 37.5. The summed E-state index contributed by atoms with van der Waals surface area (Å²) in [5.41, 5.74) is -0.0788. The van der Waals surface area contributed by atoms with Crippen LogP contribution in [-0.2, 0) is 23.8 Å². The molecule has 0 aromatic heterocycles. The lowest BCUT2D eigenvalue weighted by Gasteiger charge is -2.41. The number of methoxy groups -OCH3 is 1. The molecule has 5 heteroatoms. The summed E-state index contributed by atoms with van der Waals surface area (Å²) in [6.07, 6.45) is 22.5. The minimum atomic E-state index is -0.0788. The van der Waals surface area contributed by atoms with E-state index in [1.54, 1.807) is 7.11 Å². The molecule has 46 heavy (non-hydrogen) atoms. The van der Waals surface area contributed by atoms with Crippen molar-refractivity contribution >= 4 is 11.9 Å². The van der Waals surface area contributed by atoms with E-state index in [0.717, 1.165) is 61.7 Å². The third-order valence-electron chi connectivity index (χ3n) is 14.0. The van der Waals surface area contributed by atoms with E-state index in [2.05, 4.69) is 27.7 Å². The summed E-state index contributed by atoms with van der Waals surface area (Å²) >= 11 is 0. The monoisotopic (exact) mass is 645 g/mol. The first kappa shape index (κ1) is 37.7. The number of ether oxygens (including phenoxy) is 3. The Hall–Kier alpha value is -1.10. The number of fused-ring (bicyclic) bond motifs is 5. The van der Waals surface area contributed by atoms with Gasteiger partial charge in [0, 0.05) is 7.11 Å². The van der Waals surface area contributed by atoms with Crippen LogP contribution in [0.2, 0.25) is 0 Å². The van der Waals surface area contributed by atoms with Crippen molar-refractivity contribution in [1.29, 1.82) is 0 Å². The van der Waals surface area contributed by atoms with Gasteiger partial charge in [-0.25, -0.2) is 0 Å². The predicted molar refractivity (Wildman–Crippen MR) is 187 cm³/mol. The second-order valence-electron chi connectivity index (χ2n) is 15.9. The van der Waals surface area contributed by atoms with Gasteiger partial charge in [0.15, 0.2) is 0 Å². The molecule has 6 aliphatic rings. The molecule has 0 amide bonds. The molecule has 0 heterocycles. The minimum absolute atomic E-state index is 0.0140. The van der Waals surface area contributed by atoms with Crippen LogP contribution in [-0.4, -0.2) is 37.9 Å². The summed E-state index contributed by atoms with van der Waals surface area (Å²) in [7, 11) is 1.62. The number of carbonyl (C=O) groups is 2. The summed E-state index contributed by atoms with van der Waals surface area (Å²) in [5, 5.41) is 0. The molecule has 0 N–H and O–H groups in total. The fraction of sp³-hybridized carbons (Fsp3) is 0.951. The Balaban J connectivity index is 0.000000229. The average Bonchev–Trinajstić information content (AvgIpc) is 3.93. The molecule has 0 radical (unpaired) electrons. The summed E-state index contributed by atoms with van der Waals surface area (Å²) < 4.78 is 16.7. The van der Waals surface area contributed by atoms with E-state index in [-0.39, 0.29) is 29.4 Å². The highest BCUT2D eigenvalue weighted by Gasteiger charge is 2.62. The highest BCUT2D eigenvalue weighted by Crippen LogP contribution is 2.66. The molecule has 6 aliphatic carbocycles. The van der Waals surface area contributed by atoms with Gasteiger partial charge in [0.1, 0.15) is 12.2 Å². The Morgan fingerprint density at radius 3 is 1.91 bits per heavy atom. The van der Waals surface area contributed by atoms with E-state index in [9.17, 15) is 9.59 Å². The van der Waals surface area contributed by atoms with Crippen molar-refractivity contribution < 1.29 is 23.8 Å². The molecule has 0 aliphatic heterocycles. The van der Waals surface area contributed by atoms with Crippen molar-refractivity contribution in [3.63, 3.8) is 0 Å². The Labute approximate surface area is 283 Å². The first-order valence-corrected chi connectivity index (χ1v) is 20.3. The molecule has 0 aromatic carbocycles. The van der Waals surface area contributed by atoms with E-state index in [0.29, 0.717) is 36.9 Å². The van der Waals surface area contributed by atoms with Crippen LogP contribution in [0.3, 0.4) is 0 Å². The first-order chi connectivity index (χ1) is 22.4. The van der Waals surface area contributed by atoms with Crippen molar-refractivity contribution in [2.45, 2.75) is 163 Å². The van der Waals surface area contributed by atoms with Gasteiger partial charge in [-0.3, -0.25) is 9.59 Å². The highest BCUT2D eigenvalue weighted by atomic mass is 16.6.